The van der Waals surface area contributed by atoms with Crippen LogP contribution in [0.4, 0.5) is 0 Å². The summed E-state index contributed by atoms with van der Waals surface area (Å²) in [5.74, 6) is 0.438. The van der Waals surface area contributed by atoms with Gasteiger partial charge in [-0.2, -0.15) is 8.75 Å². The smallest absolute Gasteiger partial charge is 0.272 e. The fourth-order valence-corrected chi connectivity index (χ4v) is 5.49. The van der Waals surface area contributed by atoms with Crippen molar-refractivity contribution in [1.82, 2.24) is 23.5 Å². The van der Waals surface area contributed by atoms with E-state index in [0.29, 0.717) is 11.6 Å². The minimum atomic E-state index is -0.00543. The Balaban J connectivity index is 1.28. The van der Waals surface area contributed by atoms with Crippen molar-refractivity contribution in [3.05, 3.63) is 89.7 Å². The molecule has 1 aliphatic heterocycles. The first-order valence-electron chi connectivity index (χ1n) is 11.8. The van der Waals surface area contributed by atoms with Gasteiger partial charge in [-0.05, 0) is 73.7 Å². The van der Waals surface area contributed by atoms with Crippen LogP contribution in [-0.2, 0) is 13.0 Å². The lowest BCUT2D eigenvalue weighted by Crippen LogP contribution is -2.47. The van der Waals surface area contributed by atoms with E-state index in [1.807, 2.05) is 30.1 Å². The van der Waals surface area contributed by atoms with Crippen molar-refractivity contribution in [3.63, 3.8) is 0 Å². The number of benzene rings is 2. The molecule has 2 aromatic heterocycles. The predicted octanol–water partition coefficient (Wildman–Crippen LogP) is 4.68. The number of nitrogens with zero attached hydrogens (tertiary/aromatic N) is 5. The van der Waals surface area contributed by atoms with Crippen LogP contribution in [0, 0.1) is 5.92 Å². The number of likely N-dealkylation sites (N-methyl/N-ethyl adjacent to an activating group) is 1. The molecule has 0 aliphatic carbocycles. The second-order valence-electron chi connectivity index (χ2n) is 9.09. The topological polar surface area (TPSA) is 62.2 Å². The van der Waals surface area contributed by atoms with Gasteiger partial charge in [0.1, 0.15) is 16.7 Å². The van der Waals surface area contributed by atoms with Gasteiger partial charge in [-0.3, -0.25) is 14.7 Å². The standard InChI is InChI=1S/C27H29N5OS/c1-31(27(33)24-9-5-6-14-28-24)26(18-20-7-3-2-4-8-20)22-12-15-32(16-13-22)19-21-10-11-23-25(17-21)30-34-29-23/h2-11,14,17,22,26H,12-13,15-16,18-19H2,1H3. The lowest BCUT2D eigenvalue weighted by Gasteiger charge is -2.40. The normalized spacial score (nSPS) is 15.9. The van der Waals surface area contributed by atoms with Crippen molar-refractivity contribution in [2.24, 2.45) is 5.92 Å². The second-order valence-corrected chi connectivity index (χ2v) is 9.62. The number of likely N-dealkylation sites (tertiary alicyclic amines) is 1. The Morgan fingerprint density at radius 2 is 1.76 bits per heavy atom. The Morgan fingerprint density at radius 1 is 1.00 bits per heavy atom. The molecule has 1 saturated heterocycles. The van der Waals surface area contributed by atoms with E-state index in [1.54, 1.807) is 12.3 Å². The molecule has 2 aromatic carbocycles. The number of aromatic nitrogens is 3. The molecule has 174 valence electrons. The minimum Gasteiger partial charge on any atom is -0.337 e. The summed E-state index contributed by atoms with van der Waals surface area (Å²) < 4.78 is 8.68. The van der Waals surface area contributed by atoms with Crippen LogP contribution in [0.1, 0.15) is 34.5 Å². The van der Waals surface area contributed by atoms with Gasteiger partial charge in [0.2, 0.25) is 0 Å². The number of pyridine rings is 1. The maximum atomic E-state index is 13.3. The van der Waals surface area contributed by atoms with Crippen molar-refractivity contribution >= 4 is 28.7 Å². The average Bonchev–Trinajstić information content (AvgIpc) is 3.36. The third kappa shape index (κ3) is 5.16. The summed E-state index contributed by atoms with van der Waals surface area (Å²) >= 11 is 1.26. The van der Waals surface area contributed by atoms with Crippen LogP contribution in [0.25, 0.3) is 11.0 Å². The summed E-state index contributed by atoms with van der Waals surface area (Å²) in [6.07, 6.45) is 4.68. The highest BCUT2D eigenvalue weighted by Crippen LogP contribution is 2.28. The molecule has 3 heterocycles. The van der Waals surface area contributed by atoms with E-state index < -0.39 is 0 Å². The number of hydrogen-bond donors (Lipinski definition) is 0. The van der Waals surface area contributed by atoms with Crippen LogP contribution >= 0.6 is 11.7 Å². The van der Waals surface area contributed by atoms with Crippen LogP contribution in [0.15, 0.2) is 72.9 Å². The zero-order valence-electron chi connectivity index (χ0n) is 19.4. The van der Waals surface area contributed by atoms with E-state index in [9.17, 15) is 4.79 Å². The molecule has 0 radical (unpaired) electrons. The van der Waals surface area contributed by atoms with Crippen LogP contribution < -0.4 is 0 Å². The zero-order valence-corrected chi connectivity index (χ0v) is 20.2. The quantitative estimate of drug-likeness (QED) is 0.392. The zero-order chi connectivity index (χ0) is 23.3. The maximum Gasteiger partial charge on any atom is 0.272 e. The van der Waals surface area contributed by atoms with E-state index in [0.717, 1.165) is 49.9 Å². The van der Waals surface area contributed by atoms with Crippen LogP contribution in [0.2, 0.25) is 0 Å². The summed E-state index contributed by atoms with van der Waals surface area (Å²) in [7, 11) is 1.94. The maximum absolute atomic E-state index is 13.3. The minimum absolute atomic E-state index is 0.00543. The molecule has 0 saturated carbocycles. The van der Waals surface area contributed by atoms with E-state index >= 15 is 0 Å². The molecule has 1 fully saturated rings. The molecule has 5 rings (SSSR count). The van der Waals surface area contributed by atoms with Gasteiger partial charge in [-0.25, -0.2) is 0 Å². The average molecular weight is 472 g/mol. The molecule has 34 heavy (non-hydrogen) atoms. The molecule has 4 aromatic rings. The Hall–Kier alpha value is -3.16. The fraction of sp³-hybridized carbons (Fsp3) is 0.333. The molecule has 7 heteroatoms. The van der Waals surface area contributed by atoms with Crippen molar-refractivity contribution < 1.29 is 4.79 Å². The number of piperidine rings is 1. The summed E-state index contributed by atoms with van der Waals surface area (Å²) in [6.45, 7) is 2.97. The molecular formula is C27H29N5OS. The Morgan fingerprint density at radius 3 is 2.53 bits per heavy atom. The summed E-state index contributed by atoms with van der Waals surface area (Å²) in [4.78, 5) is 22.0. The summed E-state index contributed by atoms with van der Waals surface area (Å²) in [5, 5.41) is 0. The number of hydrogen-bond acceptors (Lipinski definition) is 6. The van der Waals surface area contributed by atoms with Gasteiger partial charge in [0.15, 0.2) is 0 Å². The molecule has 1 atom stereocenters. The van der Waals surface area contributed by atoms with Crippen molar-refractivity contribution in [1.29, 1.82) is 0 Å². The Labute approximate surface area is 204 Å². The molecule has 1 unspecified atom stereocenters. The first-order valence-corrected chi connectivity index (χ1v) is 12.6. The third-order valence-corrected chi connectivity index (χ3v) is 7.45. The number of rotatable bonds is 7. The van der Waals surface area contributed by atoms with Crippen molar-refractivity contribution in [2.45, 2.75) is 31.8 Å². The van der Waals surface area contributed by atoms with Gasteiger partial charge in [-0.15, -0.1) is 0 Å². The van der Waals surface area contributed by atoms with E-state index in [-0.39, 0.29) is 11.9 Å². The van der Waals surface area contributed by atoms with E-state index in [2.05, 4.69) is 61.1 Å². The van der Waals surface area contributed by atoms with E-state index in [4.69, 9.17) is 0 Å². The summed E-state index contributed by atoms with van der Waals surface area (Å²) in [6, 6.07) is 22.5. The van der Waals surface area contributed by atoms with Crippen LogP contribution in [0.3, 0.4) is 0 Å². The number of fused-ring (bicyclic) bond motifs is 1. The largest absolute Gasteiger partial charge is 0.337 e. The molecule has 0 spiro atoms. The van der Waals surface area contributed by atoms with Gasteiger partial charge >= 0.3 is 0 Å². The number of amides is 1. The highest BCUT2D eigenvalue weighted by Gasteiger charge is 2.32. The molecular weight excluding hydrogens is 442 g/mol. The molecule has 0 bridgehead atoms. The predicted molar refractivity (Wildman–Crippen MR) is 136 cm³/mol. The monoisotopic (exact) mass is 471 g/mol. The molecule has 0 N–H and O–H groups in total. The van der Waals surface area contributed by atoms with Crippen LogP contribution in [0.5, 0.6) is 0 Å². The highest BCUT2D eigenvalue weighted by atomic mass is 32.1. The highest BCUT2D eigenvalue weighted by molar-refractivity contribution is 7.00. The first kappa shape index (κ1) is 22.6. The molecule has 1 amide bonds. The van der Waals surface area contributed by atoms with E-state index in [1.165, 1.54) is 22.9 Å². The Bertz CT molecular complexity index is 1220. The fourth-order valence-electron chi connectivity index (χ4n) is 4.98. The van der Waals surface area contributed by atoms with Gasteiger partial charge in [0.25, 0.3) is 5.91 Å². The van der Waals surface area contributed by atoms with Crippen LogP contribution in [-0.4, -0.2) is 55.6 Å². The first-order chi connectivity index (χ1) is 16.7. The molecule has 1 aliphatic rings. The van der Waals surface area contributed by atoms with Gasteiger partial charge in [0.05, 0.1) is 11.7 Å². The lowest BCUT2D eigenvalue weighted by atomic mass is 9.84. The molecule has 6 nitrogen and oxygen atoms in total. The third-order valence-electron chi connectivity index (χ3n) is 6.89. The SMILES string of the molecule is CN(C(=O)c1ccccn1)C(Cc1ccccc1)C1CCN(Cc2ccc3nsnc3c2)CC1. The van der Waals surface area contributed by atoms with Gasteiger partial charge in [-0.1, -0.05) is 42.5 Å². The Kier molecular flexibility index (Phi) is 6.92. The number of carbonyl (C=O) groups is 1. The lowest BCUT2D eigenvalue weighted by molar-refractivity contribution is 0.0579. The number of carbonyl (C=O) groups excluding carboxylic acids is 1. The summed E-state index contributed by atoms with van der Waals surface area (Å²) in [5.41, 5.74) is 5.00. The van der Waals surface area contributed by atoms with Crippen molar-refractivity contribution in [2.75, 3.05) is 20.1 Å². The van der Waals surface area contributed by atoms with Gasteiger partial charge in [0, 0.05) is 25.8 Å². The second kappa shape index (κ2) is 10.4. The van der Waals surface area contributed by atoms with Gasteiger partial charge < -0.3 is 4.90 Å². The van der Waals surface area contributed by atoms with Crippen molar-refractivity contribution in [3.8, 4) is 0 Å².